The third kappa shape index (κ3) is 3.00. The molecule has 2 aromatic rings. The molecule has 1 heterocycles. The Morgan fingerprint density at radius 2 is 2.00 bits per heavy atom. The molecule has 2 rings (SSSR count). The Morgan fingerprint density at radius 1 is 1.32 bits per heavy atom. The highest BCUT2D eigenvalue weighted by Gasteiger charge is 2.08. The second kappa shape index (κ2) is 6.37. The monoisotopic (exact) mass is 255 g/mol. The summed E-state index contributed by atoms with van der Waals surface area (Å²) in [5.41, 5.74) is 2.12. The number of nitrogens with zero attached hydrogens (tertiary/aromatic N) is 3. The van der Waals surface area contributed by atoms with E-state index in [1.165, 1.54) is 23.0 Å². The number of aromatic nitrogens is 2. The van der Waals surface area contributed by atoms with Crippen molar-refractivity contribution in [2.75, 3.05) is 0 Å². The molecule has 19 heavy (non-hydrogen) atoms. The Kier molecular flexibility index (Phi) is 4.85. The zero-order chi connectivity index (χ0) is 14.4. The number of benzene rings is 1. The van der Waals surface area contributed by atoms with Gasteiger partial charge in [-0.1, -0.05) is 19.8 Å². The highest BCUT2D eigenvalue weighted by Crippen LogP contribution is 2.16. The van der Waals surface area contributed by atoms with Gasteiger partial charge >= 0.3 is 0 Å². The highest BCUT2D eigenvalue weighted by atomic mass is 19.1. The zero-order valence-corrected chi connectivity index (χ0v) is 11.1. The summed E-state index contributed by atoms with van der Waals surface area (Å²) >= 11 is 0. The van der Waals surface area contributed by atoms with Crippen LogP contribution in [-0.4, -0.2) is 9.78 Å². The van der Waals surface area contributed by atoms with Crippen LogP contribution in [-0.2, 0) is 0 Å². The van der Waals surface area contributed by atoms with Crippen molar-refractivity contribution in [3.8, 4) is 24.1 Å². The Bertz CT molecular complexity index is 657. The number of hydrogen-bond acceptors (Lipinski definition) is 2. The van der Waals surface area contributed by atoms with Crippen LogP contribution in [0.4, 0.5) is 4.39 Å². The summed E-state index contributed by atoms with van der Waals surface area (Å²) in [6.45, 7) is 5.79. The van der Waals surface area contributed by atoms with Crippen molar-refractivity contribution >= 4 is 0 Å². The van der Waals surface area contributed by atoms with Crippen molar-refractivity contribution in [1.82, 2.24) is 9.78 Å². The van der Waals surface area contributed by atoms with Crippen molar-refractivity contribution < 1.29 is 4.39 Å². The van der Waals surface area contributed by atoms with Gasteiger partial charge in [0.25, 0.3) is 0 Å². The lowest BCUT2D eigenvalue weighted by atomic mass is 10.2. The molecule has 4 heteroatoms. The standard InChI is InChI=1S/C13H8FN3.C2H6/c1-3-11-8-16-17(9(11)2)13-5-10(7-15)4-12(14)6-13;1-2/h1,4-6,8H,2H3;1-2H3. The average Bonchev–Trinajstić information content (AvgIpc) is 2.81. The average molecular weight is 255 g/mol. The molecule has 0 fully saturated rings. The smallest absolute Gasteiger partial charge is 0.126 e. The third-order valence-corrected chi connectivity index (χ3v) is 2.42. The Labute approximate surface area is 112 Å². The van der Waals surface area contributed by atoms with Gasteiger partial charge in [0.05, 0.1) is 34.8 Å². The fourth-order valence-electron chi connectivity index (χ4n) is 1.57. The van der Waals surface area contributed by atoms with E-state index in [9.17, 15) is 4.39 Å². The topological polar surface area (TPSA) is 41.6 Å². The minimum Gasteiger partial charge on any atom is -0.237 e. The van der Waals surface area contributed by atoms with Crippen LogP contribution >= 0.6 is 0 Å². The molecule has 0 aliphatic rings. The van der Waals surface area contributed by atoms with E-state index in [0.29, 0.717) is 11.3 Å². The van der Waals surface area contributed by atoms with Crippen LogP contribution in [0.5, 0.6) is 0 Å². The van der Waals surface area contributed by atoms with Gasteiger partial charge in [0.2, 0.25) is 0 Å². The second-order valence-corrected chi connectivity index (χ2v) is 3.51. The zero-order valence-electron chi connectivity index (χ0n) is 11.1. The van der Waals surface area contributed by atoms with Gasteiger partial charge in [-0.2, -0.15) is 10.4 Å². The second-order valence-electron chi connectivity index (χ2n) is 3.51. The van der Waals surface area contributed by atoms with Gasteiger partial charge in [-0.3, -0.25) is 0 Å². The molecule has 0 unspecified atom stereocenters. The molecule has 0 atom stereocenters. The molecule has 0 amide bonds. The van der Waals surface area contributed by atoms with Crippen molar-refractivity contribution in [3.63, 3.8) is 0 Å². The molecule has 0 spiro atoms. The summed E-state index contributed by atoms with van der Waals surface area (Å²) in [4.78, 5) is 0. The van der Waals surface area contributed by atoms with Crippen molar-refractivity contribution in [1.29, 1.82) is 5.26 Å². The lowest BCUT2D eigenvalue weighted by molar-refractivity contribution is 0.624. The Balaban J connectivity index is 0.000000861. The van der Waals surface area contributed by atoms with E-state index < -0.39 is 5.82 Å². The fraction of sp³-hybridized carbons (Fsp3) is 0.200. The molecule has 1 aromatic carbocycles. The predicted molar refractivity (Wildman–Crippen MR) is 72.3 cm³/mol. The molecule has 96 valence electrons. The molecule has 0 saturated carbocycles. The summed E-state index contributed by atoms with van der Waals surface area (Å²) in [6, 6.07) is 5.93. The van der Waals surface area contributed by atoms with Crippen LogP contribution in [0.2, 0.25) is 0 Å². The maximum absolute atomic E-state index is 13.3. The quantitative estimate of drug-likeness (QED) is 0.734. The van der Waals surface area contributed by atoms with Crippen molar-refractivity contribution in [3.05, 3.63) is 47.0 Å². The largest absolute Gasteiger partial charge is 0.237 e. The molecule has 1 aromatic heterocycles. The maximum atomic E-state index is 13.3. The predicted octanol–water partition coefficient (Wildman–Crippen LogP) is 3.20. The Hall–Kier alpha value is -2.59. The summed E-state index contributed by atoms with van der Waals surface area (Å²) in [5, 5.41) is 12.8. The van der Waals surface area contributed by atoms with Crippen LogP contribution in [0.1, 0.15) is 30.7 Å². The normalized spacial score (nSPS) is 8.95. The van der Waals surface area contributed by atoms with Gasteiger partial charge in [0.15, 0.2) is 0 Å². The number of halogens is 1. The lowest BCUT2D eigenvalue weighted by Gasteiger charge is -2.05. The van der Waals surface area contributed by atoms with Crippen molar-refractivity contribution in [2.24, 2.45) is 0 Å². The van der Waals surface area contributed by atoms with Gasteiger partial charge in [-0.05, 0) is 25.1 Å². The van der Waals surface area contributed by atoms with Gasteiger partial charge in [0.1, 0.15) is 5.82 Å². The first-order valence-electron chi connectivity index (χ1n) is 5.88. The first-order valence-corrected chi connectivity index (χ1v) is 5.88. The first-order chi connectivity index (χ1) is 9.15. The van der Waals surface area contributed by atoms with Gasteiger partial charge < -0.3 is 0 Å². The van der Waals surface area contributed by atoms with Gasteiger partial charge in [0, 0.05) is 0 Å². The van der Waals surface area contributed by atoms with E-state index in [4.69, 9.17) is 11.7 Å². The molecule has 0 aliphatic heterocycles. The van der Waals surface area contributed by atoms with E-state index in [1.807, 2.05) is 19.9 Å². The molecule has 0 bridgehead atoms. The fourth-order valence-corrected chi connectivity index (χ4v) is 1.57. The van der Waals surface area contributed by atoms with Crippen molar-refractivity contribution in [2.45, 2.75) is 20.8 Å². The minimum absolute atomic E-state index is 0.247. The molecular formula is C15H14FN3. The minimum atomic E-state index is -0.476. The van der Waals surface area contributed by atoms with Gasteiger partial charge in [-0.15, -0.1) is 6.42 Å². The Morgan fingerprint density at radius 3 is 2.53 bits per heavy atom. The number of rotatable bonds is 1. The van der Waals surface area contributed by atoms with E-state index in [2.05, 4.69) is 11.0 Å². The third-order valence-electron chi connectivity index (χ3n) is 2.42. The van der Waals surface area contributed by atoms with Crippen LogP contribution in [0.25, 0.3) is 5.69 Å². The van der Waals surface area contributed by atoms with E-state index >= 15 is 0 Å². The number of terminal acetylenes is 1. The van der Waals surface area contributed by atoms with E-state index in [0.717, 1.165) is 5.69 Å². The van der Waals surface area contributed by atoms with Crippen LogP contribution < -0.4 is 0 Å². The summed E-state index contributed by atoms with van der Waals surface area (Å²) in [6.07, 6.45) is 6.83. The highest BCUT2D eigenvalue weighted by molar-refractivity contribution is 5.45. The molecule has 0 N–H and O–H groups in total. The molecule has 0 aliphatic carbocycles. The maximum Gasteiger partial charge on any atom is 0.126 e. The van der Waals surface area contributed by atoms with Gasteiger partial charge in [-0.25, -0.2) is 9.07 Å². The summed E-state index contributed by atoms with van der Waals surface area (Å²) in [5.74, 6) is 2.01. The van der Waals surface area contributed by atoms with Crippen LogP contribution in [0, 0.1) is 36.4 Å². The number of hydrogen-bond donors (Lipinski definition) is 0. The van der Waals surface area contributed by atoms with Crippen LogP contribution in [0.15, 0.2) is 24.4 Å². The number of nitriles is 1. The summed E-state index contributed by atoms with van der Waals surface area (Å²) < 4.78 is 14.8. The van der Waals surface area contributed by atoms with E-state index in [-0.39, 0.29) is 5.56 Å². The molecular weight excluding hydrogens is 241 g/mol. The lowest BCUT2D eigenvalue weighted by Crippen LogP contribution is -2.00. The molecule has 3 nitrogen and oxygen atoms in total. The SMILES string of the molecule is C#Cc1cnn(-c2cc(F)cc(C#N)c2)c1C.CC. The first kappa shape index (κ1) is 14.5. The molecule has 0 radical (unpaired) electrons. The van der Waals surface area contributed by atoms with Crippen LogP contribution in [0.3, 0.4) is 0 Å². The summed E-state index contributed by atoms with van der Waals surface area (Å²) in [7, 11) is 0. The molecule has 0 saturated heterocycles. The van der Waals surface area contributed by atoms with E-state index in [1.54, 1.807) is 13.0 Å².